The maximum absolute atomic E-state index is 5.67. The minimum Gasteiger partial charge on any atom is -0.247 e. The number of benzene rings is 11. The predicted molar refractivity (Wildman–Crippen MR) is 277 cm³/mol. The lowest BCUT2D eigenvalue weighted by Gasteiger charge is -2.39. The van der Waals surface area contributed by atoms with E-state index in [0.717, 1.165) is 33.1 Å². The fourth-order valence-electron chi connectivity index (χ4n) is 11.5. The van der Waals surface area contributed by atoms with Crippen LogP contribution in [0.5, 0.6) is 0 Å². The minimum atomic E-state index is -0.470. The Balaban J connectivity index is 1.03. The Hall–Kier alpha value is -8.04. The summed E-state index contributed by atoms with van der Waals surface area (Å²) in [4.78, 5) is 8.29. The van der Waals surface area contributed by atoms with Crippen molar-refractivity contribution in [1.82, 2.24) is 4.98 Å². The van der Waals surface area contributed by atoms with Crippen LogP contribution in [0.15, 0.2) is 246 Å². The van der Waals surface area contributed by atoms with Crippen LogP contribution in [0.1, 0.15) is 22.3 Å². The number of nitrogens with zero attached hydrogens (tertiary/aromatic N) is 1. The highest BCUT2D eigenvalue weighted by molar-refractivity contribution is 7.99. The molecule has 2 heteroatoms. The van der Waals surface area contributed by atoms with E-state index in [4.69, 9.17) is 4.98 Å². The van der Waals surface area contributed by atoms with Crippen LogP contribution in [0.4, 0.5) is 0 Å². The second kappa shape index (κ2) is 14.5. The highest BCUT2D eigenvalue weighted by Crippen LogP contribution is 2.63. The number of pyridine rings is 1. The number of fused-ring (bicyclic) bond motifs is 14. The molecule has 0 bridgehead atoms. The molecule has 0 N–H and O–H groups in total. The van der Waals surface area contributed by atoms with E-state index >= 15 is 0 Å². The van der Waals surface area contributed by atoms with Crippen molar-refractivity contribution < 1.29 is 0 Å². The van der Waals surface area contributed by atoms with Gasteiger partial charge < -0.3 is 0 Å². The summed E-state index contributed by atoms with van der Waals surface area (Å²) in [5.74, 6) is 0. The zero-order valence-electron chi connectivity index (χ0n) is 35.9. The van der Waals surface area contributed by atoms with E-state index in [-0.39, 0.29) is 0 Å². The van der Waals surface area contributed by atoms with Crippen molar-refractivity contribution in [2.75, 3.05) is 0 Å². The van der Waals surface area contributed by atoms with Crippen molar-refractivity contribution in [3.8, 4) is 55.8 Å². The number of hydrogen-bond acceptors (Lipinski definition) is 2. The zero-order chi connectivity index (χ0) is 43.3. The van der Waals surface area contributed by atoms with Crippen molar-refractivity contribution in [1.29, 1.82) is 0 Å². The van der Waals surface area contributed by atoms with E-state index in [0.29, 0.717) is 0 Å². The number of rotatable bonds is 4. The topological polar surface area (TPSA) is 12.9 Å². The van der Waals surface area contributed by atoms with Crippen LogP contribution >= 0.6 is 11.8 Å². The molecule has 1 nitrogen and oxygen atoms in total. The quantitative estimate of drug-likeness (QED) is 0.129. The van der Waals surface area contributed by atoms with Gasteiger partial charge in [-0.3, -0.25) is 0 Å². The molecule has 1 aliphatic carbocycles. The van der Waals surface area contributed by atoms with Crippen molar-refractivity contribution in [3.63, 3.8) is 0 Å². The van der Waals surface area contributed by atoms with Gasteiger partial charge in [-0.25, -0.2) is 4.98 Å². The summed E-state index contributed by atoms with van der Waals surface area (Å²) < 4.78 is 0. The first-order valence-corrected chi connectivity index (χ1v) is 23.6. The Labute approximate surface area is 387 Å². The molecule has 0 saturated heterocycles. The first kappa shape index (κ1) is 37.3. The Bertz CT molecular complexity index is 3840. The predicted octanol–water partition coefficient (Wildman–Crippen LogP) is 17.2. The Morgan fingerprint density at radius 2 is 0.773 bits per heavy atom. The molecular weight excluding hydrogens is 815 g/mol. The summed E-state index contributed by atoms with van der Waals surface area (Å²) in [7, 11) is 0. The average molecular weight is 854 g/mol. The molecular formula is C64H39NS. The summed E-state index contributed by atoms with van der Waals surface area (Å²) in [6, 6.07) is 87.6. The summed E-state index contributed by atoms with van der Waals surface area (Å²) in [5, 5.41) is 8.46. The van der Waals surface area contributed by atoms with E-state index < -0.39 is 5.41 Å². The SMILES string of the molecule is c1ccc(-c2ccc(-c3c4ccccc4c(-c4ccc5c(c4)nc(-c4ccccc4)c4cc6c(cc45)C4(c5ccccc5Sc5ccccc54)c4ccccc4-6)c4ccccc34)cc2)cc1. The van der Waals surface area contributed by atoms with Gasteiger partial charge in [-0.15, -0.1) is 0 Å². The molecule has 306 valence electrons. The summed E-state index contributed by atoms with van der Waals surface area (Å²) in [6.07, 6.45) is 0. The molecule has 1 aromatic heterocycles. The van der Waals surface area contributed by atoms with Gasteiger partial charge in [0, 0.05) is 26.1 Å². The molecule has 66 heavy (non-hydrogen) atoms. The van der Waals surface area contributed by atoms with Crippen LogP contribution < -0.4 is 0 Å². The molecule has 12 aromatic rings. The molecule has 11 aromatic carbocycles. The van der Waals surface area contributed by atoms with Crippen molar-refractivity contribution in [2.45, 2.75) is 15.2 Å². The largest absolute Gasteiger partial charge is 0.247 e. The van der Waals surface area contributed by atoms with Gasteiger partial charge in [0.05, 0.1) is 16.6 Å². The maximum atomic E-state index is 5.67. The third-order valence-electron chi connectivity index (χ3n) is 14.3. The van der Waals surface area contributed by atoms with Crippen LogP contribution in [0.2, 0.25) is 0 Å². The second-order valence-electron chi connectivity index (χ2n) is 17.7. The Kier molecular flexibility index (Phi) is 8.20. The highest BCUT2D eigenvalue weighted by atomic mass is 32.2. The summed E-state index contributed by atoms with van der Waals surface area (Å²) >= 11 is 1.89. The standard InChI is InChI=1S/C64H39NS/c1-3-17-40(18-4-1)41-31-33-42(34-32-41)61-47-22-7-9-24-49(47)62(50-25-10-8-23-48(50)61)44-35-36-46-51-39-57-52(38-53(51)63(65-58(46)37-44)43-19-5-2-6-20-43)45-21-11-12-26-54(45)64(57)55-27-13-15-29-59(55)66-60-30-16-14-28-56(60)64/h1-39H. The van der Waals surface area contributed by atoms with Gasteiger partial charge >= 0.3 is 0 Å². The highest BCUT2D eigenvalue weighted by Gasteiger charge is 2.50. The molecule has 0 amide bonds. The molecule has 1 aliphatic heterocycles. The van der Waals surface area contributed by atoms with Crippen molar-refractivity contribution in [2.24, 2.45) is 0 Å². The molecule has 14 rings (SSSR count). The van der Waals surface area contributed by atoms with Crippen LogP contribution in [-0.2, 0) is 5.41 Å². The third-order valence-corrected chi connectivity index (χ3v) is 15.5. The second-order valence-corrected chi connectivity index (χ2v) is 18.8. The van der Waals surface area contributed by atoms with E-state index in [9.17, 15) is 0 Å². The van der Waals surface area contributed by atoms with Gasteiger partial charge in [0.15, 0.2) is 0 Å². The van der Waals surface area contributed by atoms with Gasteiger partial charge in [-0.05, 0) is 124 Å². The molecule has 0 atom stereocenters. The van der Waals surface area contributed by atoms with Gasteiger partial charge in [0.1, 0.15) is 0 Å². The lowest BCUT2D eigenvalue weighted by molar-refractivity contribution is 0.723. The van der Waals surface area contributed by atoms with Crippen LogP contribution in [0, 0.1) is 0 Å². The zero-order valence-corrected chi connectivity index (χ0v) is 36.7. The molecule has 1 spiro atoms. The van der Waals surface area contributed by atoms with Crippen molar-refractivity contribution in [3.05, 3.63) is 259 Å². The van der Waals surface area contributed by atoms with Gasteiger partial charge in [0.25, 0.3) is 0 Å². The first-order valence-electron chi connectivity index (χ1n) is 22.8. The Morgan fingerprint density at radius 3 is 1.41 bits per heavy atom. The van der Waals surface area contributed by atoms with Gasteiger partial charge in [-0.2, -0.15) is 0 Å². The van der Waals surface area contributed by atoms with E-state index in [1.807, 2.05) is 11.8 Å². The average Bonchev–Trinajstić information content (AvgIpc) is 3.67. The maximum Gasteiger partial charge on any atom is 0.0788 e. The lowest BCUT2D eigenvalue weighted by Crippen LogP contribution is -2.31. The molecule has 2 heterocycles. The molecule has 2 aliphatic rings. The Morgan fingerprint density at radius 1 is 0.288 bits per heavy atom. The minimum absolute atomic E-state index is 0.470. The molecule has 0 radical (unpaired) electrons. The van der Waals surface area contributed by atoms with Crippen molar-refractivity contribution >= 4 is 55.0 Å². The molecule has 0 fully saturated rings. The monoisotopic (exact) mass is 853 g/mol. The summed E-state index contributed by atoms with van der Waals surface area (Å²) in [6.45, 7) is 0. The summed E-state index contributed by atoms with van der Waals surface area (Å²) in [5.41, 5.74) is 17.8. The van der Waals surface area contributed by atoms with Gasteiger partial charge in [-0.1, -0.05) is 218 Å². The van der Waals surface area contributed by atoms with Gasteiger partial charge in [0.2, 0.25) is 0 Å². The van der Waals surface area contributed by atoms with Crippen LogP contribution in [0.25, 0.3) is 99.0 Å². The number of aromatic nitrogens is 1. The number of hydrogen-bond donors (Lipinski definition) is 0. The lowest BCUT2D eigenvalue weighted by atomic mass is 9.67. The van der Waals surface area contributed by atoms with E-state index in [1.165, 1.54) is 97.9 Å². The van der Waals surface area contributed by atoms with E-state index in [2.05, 4.69) is 237 Å². The molecule has 0 unspecified atom stereocenters. The third kappa shape index (κ3) is 5.34. The van der Waals surface area contributed by atoms with E-state index in [1.54, 1.807) is 0 Å². The smallest absolute Gasteiger partial charge is 0.0788 e. The normalized spacial score (nSPS) is 13.2. The fraction of sp³-hybridized carbons (Fsp3) is 0.0156. The van der Waals surface area contributed by atoms with Crippen LogP contribution in [0.3, 0.4) is 0 Å². The first-order chi connectivity index (χ1) is 32.7. The molecule has 0 saturated carbocycles. The fourth-order valence-corrected chi connectivity index (χ4v) is 12.7. The van der Waals surface area contributed by atoms with Crippen LogP contribution in [-0.4, -0.2) is 4.98 Å².